The Hall–Kier alpha value is -1.65. The molecule has 5 nitrogen and oxygen atoms in total. The molecule has 20 heavy (non-hydrogen) atoms. The van der Waals surface area contributed by atoms with Gasteiger partial charge < -0.3 is 4.98 Å². The molecule has 0 aromatic carbocycles. The third-order valence-corrected chi connectivity index (χ3v) is 5.25. The quantitative estimate of drug-likeness (QED) is 0.554. The summed E-state index contributed by atoms with van der Waals surface area (Å²) in [5.74, 6) is 1.15. The second-order valence-electron chi connectivity index (χ2n) is 6.55. The Bertz CT molecular complexity index is 704. The van der Waals surface area contributed by atoms with E-state index in [1.165, 1.54) is 12.8 Å². The van der Waals surface area contributed by atoms with E-state index in [0.29, 0.717) is 11.8 Å². The average molecular weight is 272 g/mol. The highest BCUT2D eigenvalue weighted by molar-refractivity contribution is 5.91. The summed E-state index contributed by atoms with van der Waals surface area (Å²) in [6.07, 6.45) is 8.46. The van der Waals surface area contributed by atoms with Gasteiger partial charge in [0, 0.05) is 16.8 Å². The predicted molar refractivity (Wildman–Crippen MR) is 75.1 cm³/mol. The van der Waals surface area contributed by atoms with E-state index in [9.17, 15) is 4.79 Å². The van der Waals surface area contributed by atoms with Crippen molar-refractivity contribution in [2.75, 3.05) is 0 Å². The first-order valence-corrected chi connectivity index (χ1v) is 7.64. The van der Waals surface area contributed by atoms with E-state index in [0.717, 1.165) is 49.9 Å². The van der Waals surface area contributed by atoms with Gasteiger partial charge >= 0.3 is 0 Å². The molecule has 3 N–H and O–H groups in total. The van der Waals surface area contributed by atoms with Crippen LogP contribution in [0.15, 0.2) is 4.79 Å². The Morgan fingerprint density at radius 3 is 2.60 bits per heavy atom. The lowest BCUT2D eigenvalue weighted by molar-refractivity contribution is 0.552. The summed E-state index contributed by atoms with van der Waals surface area (Å²) in [6, 6.07) is 0. The third kappa shape index (κ3) is 1.58. The summed E-state index contributed by atoms with van der Waals surface area (Å²) in [5.41, 5.74) is 1.55. The van der Waals surface area contributed by atoms with E-state index >= 15 is 0 Å². The highest BCUT2D eigenvalue weighted by Gasteiger charge is 2.57. The number of nitrogens with one attached hydrogen (secondary N) is 3. The van der Waals surface area contributed by atoms with Crippen LogP contribution in [0, 0.1) is 22.2 Å². The Morgan fingerprint density at radius 1 is 1.25 bits per heavy atom. The number of nitrogens with zero attached hydrogens (tertiary/aromatic N) is 1. The molecule has 0 atom stereocenters. The van der Waals surface area contributed by atoms with Crippen LogP contribution in [0.2, 0.25) is 0 Å². The molecule has 2 saturated carbocycles. The van der Waals surface area contributed by atoms with Crippen LogP contribution in [0.4, 0.5) is 0 Å². The number of hydrogen-bond acceptors (Lipinski definition) is 3. The van der Waals surface area contributed by atoms with Crippen molar-refractivity contribution in [2.45, 2.75) is 51.4 Å². The molecule has 3 aliphatic carbocycles. The zero-order valence-corrected chi connectivity index (χ0v) is 11.6. The first-order valence-electron chi connectivity index (χ1n) is 7.64. The maximum atomic E-state index is 12.0. The Balaban J connectivity index is 1.88. The number of fused-ring (bicyclic) bond motifs is 1. The van der Waals surface area contributed by atoms with Gasteiger partial charge in [-0.05, 0) is 57.3 Å². The third-order valence-electron chi connectivity index (χ3n) is 5.25. The molecule has 4 rings (SSSR count). The van der Waals surface area contributed by atoms with Crippen molar-refractivity contribution >= 4 is 5.84 Å². The highest BCUT2D eigenvalue weighted by Crippen LogP contribution is 2.62. The van der Waals surface area contributed by atoms with E-state index in [2.05, 4.69) is 4.98 Å². The molecular weight excluding hydrogens is 252 g/mol. The monoisotopic (exact) mass is 272 g/mol. The molecule has 0 unspecified atom stereocenters. The summed E-state index contributed by atoms with van der Waals surface area (Å²) >= 11 is 0. The van der Waals surface area contributed by atoms with Crippen LogP contribution < -0.4 is 11.0 Å². The minimum absolute atomic E-state index is 0.0144. The van der Waals surface area contributed by atoms with Gasteiger partial charge in [-0.15, -0.1) is 0 Å². The molecule has 106 valence electrons. The van der Waals surface area contributed by atoms with Crippen LogP contribution in [0.3, 0.4) is 0 Å². The number of rotatable bonds is 2. The zero-order valence-electron chi connectivity index (χ0n) is 11.6. The van der Waals surface area contributed by atoms with E-state index < -0.39 is 0 Å². The second-order valence-corrected chi connectivity index (χ2v) is 6.55. The van der Waals surface area contributed by atoms with Crippen molar-refractivity contribution in [1.29, 1.82) is 10.8 Å². The molecule has 1 aromatic rings. The Morgan fingerprint density at radius 2 is 1.95 bits per heavy atom. The van der Waals surface area contributed by atoms with E-state index in [1.54, 1.807) is 4.57 Å². The van der Waals surface area contributed by atoms with Gasteiger partial charge in [0.15, 0.2) is 5.49 Å². The number of aryl methyl sites for hydroxylation is 1. The van der Waals surface area contributed by atoms with Crippen molar-refractivity contribution < 1.29 is 0 Å². The van der Waals surface area contributed by atoms with Crippen LogP contribution in [0.25, 0.3) is 0 Å². The van der Waals surface area contributed by atoms with Crippen molar-refractivity contribution in [3.63, 3.8) is 0 Å². The SMILES string of the molecule is N=C(n1c2c([nH]c(=O)c1=N)CCCC2)C1(C2CC2)CC1. The lowest BCUT2D eigenvalue weighted by Crippen LogP contribution is -2.46. The first kappa shape index (κ1) is 12.1. The molecule has 0 saturated heterocycles. The first-order chi connectivity index (χ1) is 9.63. The molecule has 0 radical (unpaired) electrons. The molecule has 0 spiro atoms. The summed E-state index contributed by atoms with van der Waals surface area (Å²) in [4.78, 5) is 14.8. The summed E-state index contributed by atoms with van der Waals surface area (Å²) in [5, 5.41) is 16.7. The molecule has 5 heteroatoms. The van der Waals surface area contributed by atoms with Crippen LogP contribution in [-0.2, 0) is 12.8 Å². The van der Waals surface area contributed by atoms with Crippen LogP contribution in [0.5, 0.6) is 0 Å². The maximum absolute atomic E-state index is 12.0. The smallest absolute Gasteiger partial charge is 0.291 e. The van der Waals surface area contributed by atoms with Gasteiger partial charge in [-0.2, -0.15) is 0 Å². The zero-order chi connectivity index (χ0) is 13.9. The van der Waals surface area contributed by atoms with Crippen molar-refractivity contribution in [3.05, 3.63) is 27.2 Å². The molecule has 0 aliphatic heterocycles. The van der Waals surface area contributed by atoms with Gasteiger partial charge in [0.25, 0.3) is 5.56 Å². The fraction of sp³-hybridized carbons (Fsp3) is 0.667. The number of hydrogen-bond donors (Lipinski definition) is 3. The second kappa shape index (κ2) is 3.93. The van der Waals surface area contributed by atoms with E-state index in [1.807, 2.05) is 0 Å². The van der Waals surface area contributed by atoms with Crippen molar-refractivity contribution in [2.24, 2.45) is 11.3 Å². The van der Waals surface area contributed by atoms with Gasteiger partial charge in [-0.1, -0.05) is 0 Å². The van der Waals surface area contributed by atoms with Crippen LogP contribution in [0.1, 0.15) is 49.9 Å². The minimum Gasteiger partial charge on any atom is -0.321 e. The van der Waals surface area contributed by atoms with Gasteiger partial charge in [-0.3, -0.25) is 20.2 Å². The normalized spacial score (nSPS) is 23.2. The Kier molecular flexibility index (Phi) is 2.38. The summed E-state index contributed by atoms with van der Waals surface area (Å²) < 4.78 is 1.68. The summed E-state index contributed by atoms with van der Waals surface area (Å²) in [6.45, 7) is 0. The van der Waals surface area contributed by atoms with Crippen LogP contribution >= 0.6 is 0 Å². The number of aromatic amines is 1. The Labute approximate surface area is 117 Å². The molecule has 1 aromatic heterocycles. The van der Waals surface area contributed by atoms with Crippen LogP contribution in [-0.4, -0.2) is 15.4 Å². The molecule has 0 amide bonds. The van der Waals surface area contributed by atoms with Gasteiger partial charge in [0.05, 0.1) is 0 Å². The topological polar surface area (TPSA) is 85.5 Å². The average Bonchev–Trinajstić information content (AvgIpc) is 3.30. The van der Waals surface area contributed by atoms with Crippen molar-refractivity contribution in [1.82, 2.24) is 9.55 Å². The predicted octanol–water partition coefficient (Wildman–Crippen LogP) is 1.55. The molecular formula is C15H20N4O. The highest BCUT2D eigenvalue weighted by atomic mass is 16.1. The largest absolute Gasteiger partial charge is 0.321 e. The fourth-order valence-electron chi connectivity index (χ4n) is 3.78. The molecule has 3 aliphatic rings. The molecule has 0 bridgehead atoms. The van der Waals surface area contributed by atoms with E-state index in [4.69, 9.17) is 10.8 Å². The van der Waals surface area contributed by atoms with Gasteiger partial charge in [0.2, 0.25) is 0 Å². The number of H-pyrrole nitrogens is 1. The maximum Gasteiger partial charge on any atom is 0.291 e. The molecule has 1 heterocycles. The lowest BCUT2D eigenvalue weighted by atomic mass is 9.96. The van der Waals surface area contributed by atoms with Crippen molar-refractivity contribution in [3.8, 4) is 0 Å². The molecule has 2 fully saturated rings. The minimum atomic E-state index is -0.345. The van der Waals surface area contributed by atoms with E-state index in [-0.39, 0.29) is 16.5 Å². The summed E-state index contributed by atoms with van der Waals surface area (Å²) in [7, 11) is 0. The number of aromatic nitrogens is 2. The lowest BCUT2D eigenvalue weighted by Gasteiger charge is -2.25. The standard InChI is InChI=1S/C15H20N4O/c16-12-13(20)18-10-3-1-2-4-11(10)19(12)14(17)15(7-8-15)9-5-6-9/h9,16-17H,1-8H2,(H,18,20). The van der Waals surface area contributed by atoms with Gasteiger partial charge in [0.1, 0.15) is 5.84 Å². The van der Waals surface area contributed by atoms with Gasteiger partial charge in [-0.25, -0.2) is 0 Å². The fourth-order valence-corrected chi connectivity index (χ4v) is 3.78.